The largest absolute Gasteiger partial charge is 0.772 e. The molecule has 0 spiro atoms. The van der Waals surface area contributed by atoms with E-state index in [0.717, 1.165) is 6.07 Å². The fraction of sp³-hybridized carbons (Fsp3) is 0.211. The first-order valence-corrected chi connectivity index (χ1v) is 8.92. The average Bonchev–Trinajstić information content (AvgIpc) is 2.78. The van der Waals surface area contributed by atoms with Crippen LogP contribution in [0.3, 0.4) is 0 Å². The summed E-state index contributed by atoms with van der Waals surface area (Å²) in [7, 11) is 0. The van der Waals surface area contributed by atoms with Crippen LogP contribution in [0, 0.1) is 5.82 Å². The lowest BCUT2D eigenvalue weighted by molar-refractivity contribution is -0.125. The Balaban J connectivity index is 2.14. The van der Waals surface area contributed by atoms with Gasteiger partial charge in [0.15, 0.2) is 5.60 Å². The maximum atomic E-state index is 14.6. The van der Waals surface area contributed by atoms with Gasteiger partial charge >= 0.3 is 0 Å². The molecule has 3 rings (SSSR count). The Labute approximate surface area is 147 Å². The molecule has 1 aliphatic heterocycles. The van der Waals surface area contributed by atoms with Gasteiger partial charge in [-0.2, -0.15) is 0 Å². The van der Waals surface area contributed by atoms with Crippen LogP contribution in [0.1, 0.15) is 30.5 Å². The molecule has 0 saturated carbocycles. The second kappa shape index (κ2) is 6.54. The maximum absolute atomic E-state index is 14.6. The van der Waals surface area contributed by atoms with Gasteiger partial charge in [0, 0.05) is 5.75 Å². The van der Waals surface area contributed by atoms with Gasteiger partial charge in [0.2, 0.25) is 5.78 Å². The fourth-order valence-corrected chi connectivity index (χ4v) is 3.23. The molecule has 0 saturated heterocycles. The summed E-state index contributed by atoms with van der Waals surface area (Å²) in [5.74, 6) is -0.948. The SMILES string of the molecule is CC1(C)OC(c2ccc(CS(=O)[O-])cc2F)=C(c2ccccc2)C1=O. The summed E-state index contributed by atoms with van der Waals surface area (Å²) in [6.45, 7) is 3.27. The van der Waals surface area contributed by atoms with E-state index >= 15 is 0 Å². The number of rotatable bonds is 4. The summed E-state index contributed by atoms with van der Waals surface area (Å²) in [5.41, 5.74) is 0.349. The minimum Gasteiger partial charge on any atom is -0.772 e. The molecule has 1 heterocycles. The molecule has 25 heavy (non-hydrogen) atoms. The quantitative estimate of drug-likeness (QED) is 0.784. The Morgan fingerprint density at radius 2 is 1.84 bits per heavy atom. The number of carbonyl (C=O) groups is 1. The normalized spacial score (nSPS) is 17.5. The zero-order valence-corrected chi connectivity index (χ0v) is 14.6. The molecule has 0 radical (unpaired) electrons. The molecule has 0 amide bonds. The molecule has 0 aliphatic carbocycles. The first-order chi connectivity index (χ1) is 11.8. The van der Waals surface area contributed by atoms with E-state index < -0.39 is 22.5 Å². The lowest BCUT2D eigenvalue weighted by atomic mass is 9.92. The number of carbonyl (C=O) groups excluding carboxylic acids is 1. The van der Waals surface area contributed by atoms with E-state index in [1.54, 1.807) is 38.1 Å². The third-order valence-electron chi connectivity index (χ3n) is 3.98. The Bertz CT molecular complexity index is 888. The molecule has 4 nitrogen and oxygen atoms in total. The topological polar surface area (TPSA) is 66.4 Å². The zero-order valence-electron chi connectivity index (χ0n) is 13.7. The van der Waals surface area contributed by atoms with Gasteiger partial charge < -0.3 is 9.29 Å². The Kier molecular flexibility index (Phi) is 4.58. The highest BCUT2D eigenvalue weighted by molar-refractivity contribution is 7.78. The van der Waals surface area contributed by atoms with E-state index in [9.17, 15) is 17.9 Å². The van der Waals surface area contributed by atoms with E-state index in [2.05, 4.69) is 0 Å². The summed E-state index contributed by atoms with van der Waals surface area (Å²) in [5, 5.41) is 0. The number of ketones is 1. The molecule has 0 N–H and O–H groups in total. The number of ether oxygens (including phenoxy) is 1. The molecule has 0 aromatic heterocycles. The van der Waals surface area contributed by atoms with Crippen molar-refractivity contribution in [2.24, 2.45) is 0 Å². The highest BCUT2D eigenvalue weighted by Crippen LogP contribution is 2.41. The van der Waals surface area contributed by atoms with Crippen LogP contribution in [-0.4, -0.2) is 20.1 Å². The number of benzene rings is 2. The van der Waals surface area contributed by atoms with Crippen LogP contribution >= 0.6 is 0 Å². The van der Waals surface area contributed by atoms with Gasteiger partial charge in [-0.3, -0.25) is 9.00 Å². The van der Waals surface area contributed by atoms with E-state index in [-0.39, 0.29) is 22.9 Å². The summed E-state index contributed by atoms with van der Waals surface area (Å²) < 4.78 is 41.9. The second-order valence-electron chi connectivity index (χ2n) is 6.27. The predicted molar refractivity (Wildman–Crippen MR) is 92.5 cm³/mol. The minimum atomic E-state index is -2.30. The highest BCUT2D eigenvalue weighted by atomic mass is 32.2. The van der Waals surface area contributed by atoms with Crippen molar-refractivity contribution >= 4 is 28.2 Å². The Morgan fingerprint density at radius 1 is 1.16 bits per heavy atom. The number of hydrogen-bond acceptors (Lipinski definition) is 4. The van der Waals surface area contributed by atoms with Crippen molar-refractivity contribution in [1.82, 2.24) is 0 Å². The lowest BCUT2D eigenvalue weighted by Gasteiger charge is -2.18. The monoisotopic (exact) mass is 359 g/mol. The van der Waals surface area contributed by atoms with Crippen LogP contribution in [0.25, 0.3) is 11.3 Å². The van der Waals surface area contributed by atoms with Gasteiger partial charge in [-0.05, 0) is 37.1 Å². The Morgan fingerprint density at radius 3 is 2.44 bits per heavy atom. The van der Waals surface area contributed by atoms with E-state index in [4.69, 9.17) is 4.74 Å². The smallest absolute Gasteiger partial charge is 0.210 e. The summed E-state index contributed by atoms with van der Waals surface area (Å²) in [4.78, 5) is 12.7. The molecule has 0 bridgehead atoms. The van der Waals surface area contributed by atoms with E-state index in [1.165, 1.54) is 12.1 Å². The predicted octanol–water partition coefficient (Wildman–Crippen LogP) is 3.45. The minimum absolute atomic E-state index is 0.137. The van der Waals surface area contributed by atoms with Crippen molar-refractivity contribution in [3.05, 3.63) is 71.0 Å². The van der Waals surface area contributed by atoms with Crippen molar-refractivity contribution in [3.63, 3.8) is 0 Å². The molecule has 6 heteroatoms. The Hall–Kier alpha value is -2.31. The molecule has 1 aliphatic rings. The first-order valence-electron chi connectivity index (χ1n) is 7.68. The molecule has 130 valence electrons. The standard InChI is InChI=1S/C19H17FO4S/c1-19(2)18(21)16(13-6-4-3-5-7-13)17(24-19)14-9-8-12(10-15(14)20)11-25(22)23/h3-10H,11H2,1-2H3,(H,22,23)/p-1. The van der Waals surface area contributed by atoms with E-state index in [1.807, 2.05) is 6.07 Å². The van der Waals surface area contributed by atoms with Gasteiger partial charge in [-0.25, -0.2) is 4.39 Å². The maximum Gasteiger partial charge on any atom is 0.210 e. The van der Waals surface area contributed by atoms with Crippen molar-refractivity contribution in [2.45, 2.75) is 25.2 Å². The van der Waals surface area contributed by atoms with Crippen molar-refractivity contribution in [1.29, 1.82) is 0 Å². The van der Waals surface area contributed by atoms with Crippen molar-refractivity contribution in [2.75, 3.05) is 0 Å². The molecular formula is C19H16FO4S-. The van der Waals surface area contributed by atoms with E-state index in [0.29, 0.717) is 16.7 Å². The molecule has 1 unspecified atom stereocenters. The van der Waals surface area contributed by atoms with Crippen molar-refractivity contribution in [3.8, 4) is 0 Å². The van der Waals surface area contributed by atoms with Crippen LogP contribution in [0.15, 0.2) is 48.5 Å². The summed E-state index contributed by atoms with van der Waals surface area (Å²) in [6, 6.07) is 13.1. The van der Waals surface area contributed by atoms with Gasteiger partial charge in [0.05, 0.1) is 11.1 Å². The van der Waals surface area contributed by atoms with Gasteiger partial charge in [0.25, 0.3) is 0 Å². The molecule has 0 fully saturated rings. The average molecular weight is 359 g/mol. The number of hydrogen-bond donors (Lipinski definition) is 0. The molecule has 1 atom stereocenters. The van der Waals surface area contributed by atoms with Crippen LogP contribution in [0.4, 0.5) is 4.39 Å². The van der Waals surface area contributed by atoms with Crippen LogP contribution in [0.2, 0.25) is 0 Å². The number of Topliss-reactive ketones (excluding diaryl/α,β-unsaturated/α-hetero) is 1. The third kappa shape index (κ3) is 3.41. The summed E-state index contributed by atoms with van der Waals surface area (Å²) >= 11 is -2.30. The molecular weight excluding hydrogens is 343 g/mol. The third-order valence-corrected chi connectivity index (χ3v) is 4.55. The molecule has 2 aromatic carbocycles. The second-order valence-corrected chi connectivity index (χ2v) is 7.17. The summed E-state index contributed by atoms with van der Waals surface area (Å²) in [6.07, 6.45) is 0. The van der Waals surface area contributed by atoms with Gasteiger partial charge in [-0.1, -0.05) is 47.5 Å². The van der Waals surface area contributed by atoms with Crippen LogP contribution < -0.4 is 0 Å². The highest BCUT2D eigenvalue weighted by Gasteiger charge is 2.43. The van der Waals surface area contributed by atoms with Gasteiger partial charge in [0.1, 0.15) is 11.6 Å². The number of halogens is 1. The van der Waals surface area contributed by atoms with Gasteiger partial charge in [-0.15, -0.1) is 0 Å². The van der Waals surface area contributed by atoms with Crippen molar-refractivity contribution < 1.29 is 22.7 Å². The first kappa shape index (κ1) is 17.5. The zero-order chi connectivity index (χ0) is 18.2. The fourth-order valence-electron chi connectivity index (χ4n) is 2.78. The van der Waals surface area contributed by atoms with Crippen LogP contribution in [0.5, 0.6) is 0 Å². The van der Waals surface area contributed by atoms with Crippen LogP contribution in [-0.2, 0) is 26.4 Å². The lowest BCUT2D eigenvalue weighted by Crippen LogP contribution is -2.29. The molecule has 2 aromatic rings.